The average Bonchev–Trinajstić information content (AvgIpc) is 3.02. The fourth-order valence-electron chi connectivity index (χ4n) is 4.20. The number of nitrogens with one attached hydrogen (secondary N) is 1. The van der Waals surface area contributed by atoms with Crippen LogP contribution in [0.25, 0.3) is 10.9 Å². The van der Waals surface area contributed by atoms with Crippen molar-refractivity contribution in [1.82, 2.24) is 14.8 Å². The number of hydrogen-bond acceptors (Lipinski definition) is 3. The maximum atomic E-state index is 12.5. The smallest absolute Gasteiger partial charge is 0.252 e. The first-order chi connectivity index (χ1) is 12.1. The monoisotopic (exact) mass is 339 g/mol. The van der Waals surface area contributed by atoms with E-state index in [2.05, 4.69) is 26.9 Å². The van der Waals surface area contributed by atoms with Gasteiger partial charge >= 0.3 is 0 Å². The van der Waals surface area contributed by atoms with Gasteiger partial charge in [-0.15, -0.1) is 0 Å². The quantitative estimate of drug-likeness (QED) is 0.934. The minimum atomic E-state index is -0.00234. The number of aryl methyl sites for hydroxylation is 1. The maximum Gasteiger partial charge on any atom is 0.252 e. The Morgan fingerprint density at radius 3 is 2.84 bits per heavy atom. The number of hydrogen-bond donors (Lipinski definition) is 1. The number of rotatable bonds is 3. The molecule has 1 aromatic carbocycles. The van der Waals surface area contributed by atoms with E-state index in [1.165, 1.54) is 0 Å². The highest BCUT2D eigenvalue weighted by Crippen LogP contribution is 2.22. The summed E-state index contributed by atoms with van der Waals surface area (Å²) in [6.45, 7) is 5.44. The molecule has 25 heavy (non-hydrogen) atoms. The topological polar surface area (TPSA) is 56.4 Å². The Morgan fingerprint density at radius 2 is 2.04 bits per heavy atom. The normalized spacial score (nSPS) is 22.0. The first-order valence-electron chi connectivity index (χ1n) is 9.24. The summed E-state index contributed by atoms with van der Waals surface area (Å²) in [6, 6.07) is 8.46. The summed E-state index contributed by atoms with van der Waals surface area (Å²) >= 11 is 0. The Bertz CT molecular complexity index is 858. The van der Waals surface area contributed by atoms with E-state index in [1.807, 2.05) is 19.1 Å². The van der Waals surface area contributed by atoms with Gasteiger partial charge in [0, 0.05) is 43.2 Å². The van der Waals surface area contributed by atoms with Crippen molar-refractivity contribution in [2.75, 3.05) is 19.6 Å². The van der Waals surface area contributed by atoms with Gasteiger partial charge in [-0.05, 0) is 55.8 Å². The molecule has 0 saturated carbocycles. The van der Waals surface area contributed by atoms with Crippen LogP contribution in [0.3, 0.4) is 0 Å². The van der Waals surface area contributed by atoms with Gasteiger partial charge in [-0.2, -0.15) is 0 Å². The SMILES string of the molecule is Cc1ccc2cc(CN3CCC[C@H](N4CCCC4=O)C3)c(=O)[nH]c2c1. The number of piperidine rings is 1. The molecule has 0 bridgehead atoms. The van der Waals surface area contributed by atoms with E-state index in [0.29, 0.717) is 24.9 Å². The predicted molar refractivity (Wildman–Crippen MR) is 98.6 cm³/mol. The number of carbonyl (C=O) groups is 1. The molecule has 2 aromatic rings. The van der Waals surface area contributed by atoms with Crippen LogP contribution in [-0.4, -0.2) is 46.4 Å². The molecule has 0 radical (unpaired) electrons. The third kappa shape index (κ3) is 3.33. The molecule has 0 unspecified atom stereocenters. The second-order valence-electron chi connectivity index (χ2n) is 7.44. The summed E-state index contributed by atoms with van der Waals surface area (Å²) in [5, 5.41) is 1.07. The Labute approximate surface area is 147 Å². The number of H-pyrrole nitrogens is 1. The summed E-state index contributed by atoms with van der Waals surface area (Å²) in [4.78, 5) is 31.9. The zero-order valence-electron chi connectivity index (χ0n) is 14.8. The standard InChI is InChI=1S/C20H25N3O2/c1-14-6-7-15-11-16(20(25)21-18(15)10-14)12-22-8-2-4-17(13-22)23-9-3-5-19(23)24/h6-7,10-11,17H,2-5,8-9,12-13H2,1H3,(H,21,25)/t17-/m0/s1. The molecule has 5 heteroatoms. The molecule has 2 fully saturated rings. The highest BCUT2D eigenvalue weighted by Gasteiger charge is 2.31. The first kappa shape index (κ1) is 16.3. The van der Waals surface area contributed by atoms with Crippen LogP contribution in [0.5, 0.6) is 0 Å². The van der Waals surface area contributed by atoms with Crippen molar-refractivity contribution in [2.24, 2.45) is 0 Å². The summed E-state index contributed by atoms with van der Waals surface area (Å²) in [5.74, 6) is 0.297. The van der Waals surface area contributed by atoms with Gasteiger partial charge in [-0.3, -0.25) is 14.5 Å². The third-order valence-electron chi connectivity index (χ3n) is 5.50. The molecule has 1 aromatic heterocycles. The van der Waals surface area contributed by atoms with Gasteiger partial charge in [-0.25, -0.2) is 0 Å². The van der Waals surface area contributed by atoms with Crippen molar-refractivity contribution in [3.05, 3.63) is 45.7 Å². The Morgan fingerprint density at radius 1 is 1.16 bits per heavy atom. The van der Waals surface area contributed by atoms with Gasteiger partial charge in [0.2, 0.25) is 5.91 Å². The summed E-state index contributed by atoms with van der Waals surface area (Å²) in [7, 11) is 0. The van der Waals surface area contributed by atoms with E-state index in [4.69, 9.17) is 0 Å². The number of fused-ring (bicyclic) bond motifs is 1. The molecule has 5 nitrogen and oxygen atoms in total. The van der Waals surface area contributed by atoms with Crippen molar-refractivity contribution in [3.8, 4) is 0 Å². The van der Waals surface area contributed by atoms with Gasteiger partial charge in [0.1, 0.15) is 0 Å². The van der Waals surface area contributed by atoms with Crippen molar-refractivity contribution in [2.45, 2.75) is 45.2 Å². The fraction of sp³-hybridized carbons (Fsp3) is 0.500. The van der Waals surface area contributed by atoms with Gasteiger partial charge in [0.25, 0.3) is 5.56 Å². The van der Waals surface area contributed by atoms with Crippen molar-refractivity contribution >= 4 is 16.8 Å². The Balaban J connectivity index is 1.52. The van der Waals surface area contributed by atoms with Gasteiger partial charge < -0.3 is 9.88 Å². The van der Waals surface area contributed by atoms with Crippen LogP contribution in [0.1, 0.15) is 36.8 Å². The molecule has 3 heterocycles. The number of benzene rings is 1. The lowest BCUT2D eigenvalue weighted by molar-refractivity contribution is -0.130. The highest BCUT2D eigenvalue weighted by molar-refractivity contribution is 5.79. The Hall–Kier alpha value is -2.14. The van der Waals surface area contributed by atoms with Crippen LogP contribution >= 0.6 is 0 Å². The highest BCUT2D eigenvalue weighted by atomic mass is 16.2. The number of pyridine rings is 1. The number of nitrogens with zero attached hydrogens (tertiary/aromatic N) is 2. The lowest BCUT2D eigenvalue weighted by atomic mass is 10.0. The summed E-state index contributed by atoms with van der Waals surface area (Å²) in [6.07, 6.45) is 3.84. The molecular weight excluding hydrogens is 314 g/mol. The predicted octanol–water partition coefficient (Wildman–Crippen LogP) is 2.42. The van der Waals surface area contributed by atoms with Crippen molar-refractivity contribution in [3.63, 3.8) is 0 Å². The van der Waals surface area contributed by atoms with Crippen LogP contribution < -0.4 is 5.56 Å². The summed E-state index contributed by atoms with van der Waals surface area (Å²) < 4.78 is 0. The molecular formula is C20H25N3O2. The van der Waals surface area contributed by atoms with Gasteiger partial charge in [0.15, 0.2) is 0 Å². The Kier molecular flexibility index (Phi) is 4.34. The van der Waals surface area contributed by atoms with Gasteiger partial charge in [0.05, 0.1) is 0 Å². The third-order valence-corrected chi connectivity index (χ3v) is 5.50. The zero-order chi connectivity index (χ0) is 17.4. The van der Waals surface area contributed by atoms with E-state index in [1.54, 1.807) is 0 Å². The second kappa shape index (κ2) is 6.64. The van der Waals surface area contributed by atoms with Crippen LogP contribution in [-0.2, 0) is 11.3 Å². The average molecular weight is 339 g/mol. The molecule has 1 amide bonds. The number of aromatic nitrogens is 1. The molecule has 132 valence electrons. The molecule has 2 aliphatic heterocycles. The van der Waals surface area contributed by atoms with Crippen molar-refractivity contribution in [1.29, 1.82) is 0 Å². The van der Waals surface area contributed by atoms with Crippen LogP contribution in [0, 0.1) is 6.92 Å². The number of carbonyl (C=O) groups excluding carboxylic acids is 1. The maximum absolute atomic E-state index is 12.5. The van der Waals surface area contributed by atoms with E-state index in [-0.39, 0.29) is 5.56 Å². The molecule has 2 aliphatic rings. The molecule has 4 rings (SSSR count). The minimum Gasteiger partial charge on any atom is -0.338 e. The number of aromatic amines is 1. The molecule has 1 N–H and O–H groups in total. The number of likely N-dealkylation sites (tertiary alicyclic amines) is 2. The van der Waals surface area contributed by atoms with Crippen LogP contribution in [0.2, 0.25) is 0 Å². The number of amides is 1. The zero-order valence-corrected chi connectivity index (χ0v) is 14.8. The van der Waals surface area contributed by atoms with Crippen LogP contribution in [0.4, 0.5) is 0 Å². The fourth-order valence-corrected chi connectivity index (χ4v) is 4.20. The summed E-state index contributed by atoms with van der Waals surface area (Å²) in [5.41, 5.74) is 2.85. The van der Waals surface area contributed by atoms with E-state index in [0.717, 1.165) is 60.9 Å². The van der Waals surface area contributed by atoms with E-state index in [9.17, 15) is 9.59 Å². The molecule has 0 aliphatic carbocycles. The van der Waals surface area contributed by atoms with E-state index < -0.39 is 0 Å². The molecule has 2 saturated heterocycles. The molecule has 0 spiro atoms. The molecule has 1 atom stereocenters. The van der Waals surface area contributed by atoms with Crippen LogP contribution in [0.15, 0.2) is 29.1 Å². The van der Waals surface area contributed by atoms with E-state index >= 15 is 0 Å². The minimum absolute atomic E-state index is 0.00234. The second-order valence-corrected chi connectivity index (χ2v) is 7.44. The lowest BCUT2D eigenvalue weighted by Crippen LogP contribution is -2.48. The van der Waals surface area contributed by atoms with Crippen molar-refractivity contribution < 1.29 is 4.79 Å². The lowest BCUT2D eigenvalue weighted by Gasteiger charge is -2.37. The largest absolute Gasteiger partial charge is 0.338 e. The van der Waals surface area contributed by atoms with Gasteiger partial charge in [-0.1, -0.05) is 12.1 Å². The first-order valence-corrected chi connectivity index (χ1v) is 9.24.